The summed E-state index contributed by atoms with van der Waals surface area (Å²) in [6.45, 7) is 8.55. The van der Waals surface area contributed by atoms with Gasteiger partial charge in [-0.1, -0.05) is 30.3 Å². The Morgan fingerprint density at radius 3 is 2.41 bits per heavy atom. The molecule has 0 saturated heterocycles. The molecule has 0 unspecified atom stereocenters. The van der Waals surface area contributed by atoms with Gasteiger partial charge in [0.1, 0.15) is 0 Å². The molecule has 1 N–H and O–H groups in total. The van der Waals surface area contributed by atoms with Crippen molar-refractivity contribution in [1.82, 2.24) is 0 Å². The van der Waals surface area contributed by atoms with Crippen LogP contribution in [0.15, 0.2) is 30.3 Å². The van der Waals surface area contributed by atoms with E-state index in [1.807, 2.05) is 30.3 Å². The van der Waals surface area contributed by atoms with Crippen molar-refractivity contribution in [2.75, 3.05) is 0 Å². The monoisotopic (exact) mass is 250 g/mol. The molecule has 94 valence electrons. The Morgan fingerprint density at radius 1 is 1.29 bits per heavy atom. The van der Waals surface area contributed by atoms with E-state index >= 15 is 0 Å². The van der Waals surface area contributed by atoms with Gasteiger partial charge in [-0.2, -0.15) is 0 Å². The van der Waals surface area contributed by atoms with E-state index in [1.165, 1.54) is 0 Å². The molecule has 1 aromatic carbocycles. The van der Waals surface area contributed by atoms with Crippen molar-refractivity contribution in [2.24, 2.45) is 0 Å². The van der Waals surface area contributed by atoms with Crippen LogP contribution in [0.5, 0.6) is 0 Å². The minimum atomic E-state index is -1.80. The van der Waals surface area contributed by atoms with Crippen molar-refractivity contribution >= 4 is 8.32 Å². The quantitative estimate of drug-likeness (QED) is 0.831. The zero-order valence-electron chi connectivity index (χ0n) is 11.1. The topological polar surface area (TPSA) is 29.5 Å². The van der Waals surface area contributed by atoms with Gasteiger partial charge in [0, 0.05) is 11.6 Å². The van der Waals surface area contributed by atoms with Crippen molar-refractivity contribution in [3.8, 4) is 0 Å². The lowest BCUT2D eigenvalue weighted by atomic mass is 10.1. The summed E-state index contributed by atoms with van der Waals surface area (Å²) in [5, 5.41) is 10.7. The summed E-state index contributed by atoms with van der Waals surface area (Å²) in [4.78, 5) is 0. The molecule has 0 aromatic heterocycles. The maximum absolute atomic E-state index is 10.7. The Hall–Kier alpha value is -0.643. The van der Waals surface area contributed by atoms with Crippen LogP contribution in [0.2, 0.25) is 18.6 Å². The first-order valence-corrected chi connectivity index (χ1v) is 9.30. The second-order valence-corrected chi connectivity index (χ2v) is 9.96. The van der Waals surface area contributed by atoms with Crippen LogP contribution < -0.4 is 0 Å². The molecule has 0 amide bonds. The lowest BCUT2D eigenvalue weighted by molar-refractivity contribution is 0.143. The highest BCUT2D eigenvalue weighted by molar-refractivity contribution is 6.74. The fourth-order valence-electron chi connectivity index (χ4n) is 2.81. The molecule has 1 aliphatic rings. The first-order chi connectivity index (χ1) is 7.86. The highest BCUT2D eigenvalue weighted by atomic mass is 28.4. The van der Waals surface area contributed by atoms with Crippen molar-refractivity contribution in [1.29, 1.82) is 0 Å². The van der Waals surface area contributed by atoms with Crippen molar-refractivity contribution in [3.63, 3.8) is 0 Å². The third-order valence-corrected chi connectivity index (χ3v) is 7.02. The Labute approximate surface area is 105 Å². The number of hydrogen-bond donors (Lipinski definition) is 1. The predicted molar refractivity (Wildman–Crippen MR) is 72.4 cm³/mol. The molecule has 0 spiro atoms. The van der Waals surface area contributed by atoms with Gasteiger partial charge >= 0.3 is 0 Å². The van der Waals surface area contributed by atoms with Crippen LogP contribution in [-0.4, -0.2) is 19.5 Å². The average molecular weight is 250 g/mol. The van der Waals surface area contributed by atoms with Gasteiger partial charge in [-0.25, -0.2) is 0 Å². The van der Waals surface area contributed by atoms with Crippen molar-refractivity contribution in [2.45, 2.75) is 50.6 Å². The maximum Gasteiger partial charge on any atom is 0.193 e. The second-order valence-electron chi connectivity index (χ2n) is 5.82. The van der Waals surface area contributed by atoms with Gasteiger partial charge in [-0.05, 0) is 38.9 Å². The number of benzene rings is 1. The number of aliphatic hydroxyl groups is 1. The normalized spacial score (nSPS) is 28.5. The molecular weight excluding hydrogens is 228 g/mol. The fraction of sp³-hybridized carbons (Fsp3) is 0.571. The molecule has 17 heavy (non-hydrogen) atoms. The summed E-state index contributed by atoms with van der Waals surface area (Å²) >= 11 is 0. The van der Waals surface area contributed by atoms with Gasteiger partial charge < -0.3 is 9.53 Å². The number of rotatable bonds is 4. The van der Waals surface area contributed by atoms with Gasteiger partial charge in [0.15, 0.2) is 8.32 Å². The summed E-state index contributed by atoms with van der Waals surface area (Å²) in [6.07, 6.45) is 1.10. The van der Waals surface area contributed by atoms with Crippen LogP contribution >= 0.6 is 0 Å². The molecule has 2 rings (SSSR count). The molecule has 0 heterocycles. The van der Waals surface area contributed by atoms with Gasteiger partial charge in [-0.3, -0.25) is 0 Å². The van der Waals surface area contributed by atoms with Gasteiger partial charge in [0.05, 0.1) is 5.60 Å². The minimum Gasteiger partial charge on any atom is -0.415 e. The fourth-order valence-corrected chi connectivity index (χ4v) is 6.31. The molecule has 1 saturated carbocycles. The third-order valence-electron chi connectivity index (χ3n) is 3.58. The standard InChI is InChI=1S/C14H22O2Si/c1-11(2)16-17(3,4)13-10-14(13,15)12-8-6-5-7-9-12/h5-9,11,13,15H,10H2,1-4H3/t13-,14-/m0/s1. The largest absolute Gasteiger partial charge is 0.415 e. The van der Waals surface area contributed by atoms with E-state index in [0.717, 1.165) is 12.0 Å². The van der Waals surface area contributed by atoms with Gasteiger partial charge in [0.2, 0.25) is 0 Å². The highest BCUT2D eigenvalue weighted by Gasteiger charge is 2.62. The Balaban J connectivity index is 2.14. The molecule has 1 aliphatic carbocycles. The molecular formula is C14H22O2Si. The second kappa shape index (κ2) is 4.23. The van der Waals surface area contributed by atoms with E-state index in [0.29, 0.717) is 5.54 Å². The van der Waals surface area contributed by atoms with E-state index in [2.05, 4.69) is 26.9 Å². The van der Waals surface area contributed by atoms with Crippen LogP contribution in [0.3, 0.4) is 0 Å². The van der Waals surface area contributed by atoms with Crippen LogP contribution in [0.4, 0.5) is 0 Å². The Morgan fingerprint density at radius 2 is 1.88 bits per heavy atom. The smallest absolute Gasteiger partial charge is 0.193 e. The molecule has 2 nitrogen and oxygen atoms in total. The van der Waals surface area contributed by atoms with Crippen molar-refractivity contribution in [3.05, 3.63) is 35.9 Å². The zero-order valence-corrected chi connectivity index (χ0v) is 12.1. The highest BCUT2D eigenvalue weighted by Crippen LogP contribution is 2.62. The van der Waals surface area contributed by atoms with Crippen molar-refractivity contribution < 1.29 is 9.53 Å². The third kappa shape index (κ3) is 2.46. The predicted octanol–water partition coefficient (Wildman–Crippen LogP) is 3.28. The lowest BCUT2D eigenvalue weighted by Gasteiger charge is -2.27. The Bertz CT molecular complexity index is 388. The molecule has 2 atom stereocenters. The summed E-state index contributed by atoms with van der Waals surface area (Å²) in [5.41, 5.74) is 0.726. The first-order valence-electron chi connectivity index (χ1n) is 6.32. The molecule has 1 aromatic rings. The van der Waals surface area contributed by atoms with Crippen LogP contribution in [-0.2, 0) is 10.0 Å². The van der Waals surface area contributed by atoms with Crippen LogP contribution in [0.25, 0.3) is 0 Å². The van der Waals surface area contributed by atoms with Gasteiger partial charge in [-0.15, -0.1) is 0 Å². The van der Waals surface area contributed by atoms with E-state index in [4.69, 9.17) is 4.43 Å². The van der Waals surface area contributed by atoms with E-state index in [9.17, 15) is 5.11 Å². The summed E-state index contributed by atoms with van der Waals surface area (Å²) < 4.78 is 6.06. The number of hydrogen-bond acceptors (Lipinski definition) is 2. The van der Waals surface area contributed by atoms with Crippen LogP contribution in [0, 0.1) is 0 Å². The van der Waals surface area contributed by atoms with E-state index in [1.54, 1.807) is 0 Å². The SMILES string of the molecule is CC(C)O[Si](C)(C)[C@H]1C[C@]1(O)c1ccccc1. The summed E-state index contributed by atoms with van der Waals surface area (Å²) in [6, 6.07) is 9.98. The summed E-state index contributed by atoms with van der Waals surface area (Å²) in [5.74, 6) is 0. The summed E-state index contributed by atoms with van der Waals surface area (Å²) in [7, 11) is -1.80. The molecule has 0 radical (unpaired) electrons. The zero-order chi connectivity index (χ0) is 12.7. The first kappa shape index (κ1) is 12.8. The average Bonchev–Trinajstić information content (AvgIpc) is 2.93. The minimum absolute atomic E-state index is 0.247. The Kier molecular flexibility index (Phi) is 3.19. The molecule has 3 heteroatoms. The van der Waals surface area contributed by atoms with E-state index < -0.39 is 13.9 Å². The van der Waals surface area contributed by atoms with E-state index in [-0.39, 0.29) is 6.10 Å². The lowest BCUT2D eigenvalue weighted by Crippen LogP contribution is -2.36. The molecule has 0 aliphatic heterocycles. The molecule has 0 bridgehead atoms. The molecule has 1 fully saturated rings. The maximum atomic E-state index is 10.7. The van der Waals surface area contributed by atoms with Crippen LogP contribution in [0.1, 0.15) is 25.8 Å². The van der Waals surface area contributed by atoms with Gasteiger partial charge in [0.25, 0.3) is 0 Å².